The highest BCUT2D eigenvalue weighted by Crippen LogP contribution is 2.33. The summed E-state index contributed by atoms with van der Waals surface area (Å²) in [6.07, 6.45) is 0. The fourth-order valence-corrected chi connectivity index (χ4v) is 1.42. The highest BCUT2D eigenvalue weighted by atomic mass is 35.5. The number of benzene rings is 1. The Kier molecular flexibility index (Phi) is 5.52. The van der Waals surface area contributed by atoms with Crippen LogP contribution in [0.3, 0.4) is 0 Å². The Balaban J connectivity index is 0.00000256. The third-order valence-electron chi connectivity index (χ3n) is 2.89. The van der Waals surface area contributed by atoms with Crippen LogP contribution in [0.1, 0.15) is 31.0 Å². The third kappa shape index (κ3) is 3.15. The van der Waals surface area contributed by atoms with E-state index in [1.54, 1.807) is 13.8 Å². The molecule has 1 atom stereocenters. The lowest BCUT2D eigenvalue weighted by atomic mass is 9.81. The Morgan fingerprint density at radius 2 is 1.82 bits per heavy atom. The van der Waals surface area contributed by atoms with E-state index in [1.165, 1.54) is 19.1 Å². The molecule has 2 nitrogen and oxygen atoms in total. The number of aliphatic hydroxyl groups is 1. The van der Waals surface area contributed by atoms with E-state index < -0.39 is 23.1 Å². The van der Waals surface area contributed by atoms with Gasteiger partial charge in [-0.05, 0) is 12.5 Å². The molecular formula is C12H18ClF2NO. The Bertz CT molecular complexity index is 396. The molecule has 3 N–H and O–H groups in total. The smallest absolute Gasteiger partial charge is 0.163 e. The van der Waals surface area contributed by atoms with Crippen molar-refractivity contribution in [2.45, 2.75) is 26.8 Å². The first-order valence-electron chi connectivity index (χ1n) is 5.12. The van der Waals surface area contributed by atoms with Gasteiger partial charge in [-0.2, -0.15) is 0 Å². The molecular weight excluding hydrogens is 248 g/mol. The van der Waals surface area contributed by atoms with E-state index in [9.17, 15) is 8.78 Å². The standard InChI is InChI=1S/C12H17F2NO.ClH/c1-7-4-5-8(10(14)9(7)13)11(15)12(2,3)6-16;/h4-5,11,16H,6,15H2,1-3H3;1H/t11-;/m0./s1. The molecule has 0 amide bonds. The first-order chi connectivity index (χ1) is 7.31. The Morgan fingerprint density at radius 1 is 1.29 bits per heavy atom. The highest BCUT2D eigenvalue weighted by Gasteiger charge is 2.30. The normalized spacial score (nSPS) is 13.1. The summed E-state index contributed by atoms with van der Waals surface area (Å²) in [4.78, 5) is 0. The lowest BCUT2D eigenvalue weighted by Gasteiger charge is -2.30. The van der Waals surface area contributed by atoms with Gasteiger partial charge in [0, 0.05) is 23.6 Å². The maximum absolute atomic E-state index is 13.6. The second kappa shape index (κ2) is 5.76. The summed E-state index contributed by atoms with van der Waals surface area (Å²) in [6.45, 7) is 4.71. The predicted octanol–water partition coefficient (Wildman–Crippen LogP) is 2.71. The van der Waals surface area contributed by atoms with E-state index in [-0.39, 0.29) is 30.1 Å². The summed E-state index contributed by atoms with van der Waals surface area (Å²) < 4.78 is 27.0. The van der Waals surface area contributed by atoms with Crippen LogP contribution in [0.5, 0.6) is 0 Å². The number of hydrogen-bond acceptors (Lipinski definition) is 2. The monoisotopic (exact) mass is 265 g/mol. The molecule has 0 aliphatic rings. The van der Waals surface area contributed by atoms with Gasteiger partial charge in [-0.15, -0.1) is 12.4 Å². The molecule has 0 spiro atoms. The van der Waals surface area contributed by atoms with E-state index >= 15 is 0 Å². The largest absolute Gasteiger partial charge is 0.396 e. The van der Waals surface area contributed by atoms with Crippen LogP contribution < -0.4 is 5.73 Å². The molecule has 0 fully saturated rings. The topological polar surface area (TPSA) is 46.2 Å². The van der Waals surface area contributed by atoms with E-state index in [0.29, 0.717) is 0 Å². The number of aryl methyl sites for hydroxylation is 1. The van der Waals surface area contributed by atoms with Gasteiger partial charge in [-0.1, -0.05) is 26.0 Å². The van der Waals surface area contributed by atoms with Crippen LogP contribution in [0, 0.1) is 24.0 Å². The van der Waals surface area contributed by atoms with Gasteiger partial charge in [0.15, 0.2) is 11.6 Å². The molecule has 1 aromatic rings. The van der Waals surface area contributed by atoms with Crippen molar-refractivity contribution in [2.75, 3.05) is 6.61 Å². The summed E-state index contributed by atoms with van der Waals surface area (Å²) in [6, 6.07) is 2.21. The van der Waals surface area contributed by atoms with Crippen molar-refractivity contribution >= 4 is 12.4 Å². The van der Waals surface area contributed by atoms with Crippen LogP contribution in [0.15, 0.2) is 12.1 Å². The minimum Gasteiger partial charge on any atom is -0.396 e. The fourth-order valence-electron chi connectivity index (χ4n) is 1.42. The molecule has 5 heteroatoms. The maximum atomic E-state index is 13.6. The SMILES string of the molecule is Cc1ccc([C@H](N)C(C)(C)CO)c(F)c1F.Cl. The molecule has 1 rings (SSSR count). The minimum atomic E-state index is -0.922. The first kappa shape index (κ1) is 16.3. The van der Waals surface area contributed by atoms with Gasteiger partial charge in [-0.3, -0.25) is 0 Å². The Morgan fingerprint density at radius 3 is 2.29 bits per heavy atom. The van der Waals surface area contributed by atoms with E-state index in [4.69, 9.17) is 10.8 Å². The van der Waals surface area contributed by atoms with Crippen molar-refractivity contribution < 1.29 is 13.9 Å². The summed E-state index contributed by atoms with van der Waals surface area (Å²) in [5.41, 5.74) is 5.49. The average molecular weight is 266 g/mol. The molecule has 0 aliphatic carbocycles. The molecule has 0 saturated carbocycles. The zero-order chi connectivity index (χ0) is 12.5. The number of aliphatic hydroxyl groups excluding tert-OH is 1. The summed E-state index contributed by atoms with van der Waals surface area (Å²) >= 11 is 0. The first-order valence-corrected chi connectivity index (χ1v) is 5.12. The molecule has 98 valence electrons. The van der Waals surface area contributed by atoms with Gasteiger partial charge in [-0.25, -0.2) is 8.78 Å². The number of halogens is 3. The molecule has 0 aromatic heterocycles. The van der Waals surface area contributed by atoms with E-state index in [0.717, 1.165) is 0 Å². The third-order valence-corrected chi connectivity index (χ3v) is 2.89. The summed E-state index contributed by atoms with van der Waals surface area (Å²) in [5.74, 6) is -1.80. The quantitative estimate of drug-likeness (QED) is 0.883. The summed E-state index contributed by atoms with van der Waals surface area (Å²) in [5, 5.41) is 9.14. The van der Waals surface area contributed by atoms with E-state index in [2.05, 4.69) is 0 Å². The van der Waals surface area contributed by atoms with Crippen molar-refractivity contribution in [3.05, 3.63) is 34.9 Å². The molecule has 17 heavy (non-hydrogen) atoms. The van der Waals surface area contributed by atoms with Gasteiger partial charge in [0.25, 0.3) is 0 Å². The van der Waals surface area contributed by atoms with Gasteiger partial charge < -0.3 is 10.8 Å². The fraction of sp³-hybridized carbons (Fsp3) is 0.500. The second-order valence-electron chi connectivity index (χ2n) is 4.72. The second-order valence-corrected chi connectivity index (χ2v) is 4.72. The van der Waals surface area contributed by atoms with Crippen LogP contribution in [-0.4, -0.2) is 11.7 Å². The molecule has 0 saturated heterocycles. The Labute approximate surface area is 106 Å². The molecule has 0 unspecified atom stereocenters. The van der Waals surface area contributed by atoms with Crippen LogP contribution in [0.25, 0.3) is 0 Å². The number of hydrogen-bond donors (Lipinski definition) is 2. The molecule has 0 radical (unpaired) electrons. The number of nitrogens with two attached hydrogens (primary N) is 1. The van der Waals surface area contributed by atoms with Crippen molar-refractivity contribution in [3.8, 4) is 0 Å². The van der Waals surface area contributed by atoms with Crippen molar-refractivity contribution in [1.29, 1.82) is 0 Å². The van der Waals surface area contributed by atoms with Gasteiger partial charge in [0.2, 0.25) is 0 Å². The van der Waals surface area contributed by atoms with Crippen LogP contribution in [-0.2, 0) is 0 Å². The number of rotatable bonds is 3. The highest BCUT2D eigenvalue weighted by molar-refractivity contribution is 5.85. The molecule has 1 aromatic carbocycles. The van der Waals surface area contributed by atoms with Crippen molar-refractivity contribution in [1.82, 2.24) is 0 Å². The molecule has 0 heterocycles. The zero-order valence-electron chi connectivity index (χ0n) is 10.1. The molecule has 0 bridgehead atoms. The average Bonchev–Trinajstić information content (AvgIpc) is 2.25. The molecule has 0 aliphatic heterocycles. The Hall–Kier alpha value is -0.710. The van der Waals surface area contributed by atoms with Crippen LogP contribution >= 0.6 is 12.4 Å². The van der Waals surface area contributed by atoms with Crippen LogP contribution in [0.2, 0.25) is 0 Å². The van der Waals surface area contributed by atoms with Crippen LogP contribution in [0.4, 0.5) is 8.78 Å². The van der Waals surface area contributed by atoms with Gasteiger partial charge >= 0.3 is 0 Å². The lowest BCUT2D eigenvalue weighted by Crippen LogP contribution is -2.33. The maximum Gasteiger partial charge on any atom is 0.163 e. The van der Waals surface area contributed by atoms with Gasteiger partial charge in [0.05, 0.1) is 0 Å². The van der Waals surface area contributed by atoms with Gasteiger partial charge in [0.1, 0.15) is 0 Å². The van der Waals surface area contributed by atoms with E-state index in [1.807, 2.05) is 0 Å². The van der Waals surface area contributed by atoms with Crippen molar-refractivity contribution in [2.24, 2.45) is 11.1 Å². The lowest BCUT2D eigenvalue weighted by molar-refractivity contribution is 0.130. The van der Waals surface area contributed by atoms with Crippen molar-refractivity contribution in [3.63, 3.8) is 0 Å². The summed E-state index contributed by atoms with van der Waals surface area (Å²) in [7, 11) is 0. The minimum absolute atomic E-state index is 0. The predicted molar refractivity (Wildman–Crippen MR) is 66.1 cm³/mol. The zero-order valence-corrected chi connectivity index (χ0v) is 10.9.